The van der Waals surface area contributed by atoms with Gasteiger partial charge in [0.25, 0.3) is 5.91 Å². The standard InChI is InChI=1S/C13H14Cl2N2O/c14-10-1-2-11(12(15)3-10)13(18)17-6-8-4-16-5-9(8)7-17/h1-3,8-9,16H,4-7H2/t8-,9+. The van der Waals surface area contributed by atoms with E-state index in [1.54, 1.807) is 18.2 Å². The van der Waals surface area contributed by atoms with Crippen molar-refractivity contribution in [2.24, 2.45) is 11.8 Å². The third-order valence-electron chi connectivity index (χ3n) is 3.84. The van der Waals surface area contributed by atoms with Crippen molar-refractivity contribution in [2.45, 2.75) is 0 Å². The van der Waals surface area contributed by atoms with Gasteiger partial charge in [0.15, 0.2) is 0 Å². The number of amides is 1. The van der Waals surface area contributed by atoms with Gasteiger partial charge in [-0.2, -0.15) is 0 Å². The summed E-state index contributed by atoms with van der Waals surface area (Å²) in [5.41, 5.74) is 0.550. The van der Waals surface area contributed by atoms with E-state index in [-0.39, 0.29) is 5.91 Å². The van der Waals surface area contributed by atoms with Gasteiger partial charge in [0.2, 0.25) is 0 Å². The summed E-state index contributed by atoms with van der Waals surface area (Å²) in [6.07, 6.45) is 0. The Morgan fingerprint density at radius 1 is 1.22 bits per heavy atom. The fourth-order valence-electron chi connectivity index (χ4n) is 2.85. The molecule has 2 heterocycles. The molecule has 1 aromatic carbocycles. The molecule has 3 nitrogen and oxygen atoms in total. The molecule has 96 valence electrons. The molecule has 1 aromatic rings. The van der Waals surface area contributed by atoms with E-state index in [2.05, 4.69) is 5.32 Å². The second-order valence-corrected chi connectivity index (χ2v) is 5.86. The average Bonchev–Trinajstić information content (AvgIpc) is 2.87. The van der Waals surface area contributed by atoms with Gasteiger partial charge in [-0.25, -0.2) is 0 Å². The zero-order valence-corrected chi connectivity index (χ0v) is 11.3. The molecule has 2 aliphatic rings. The van der Waals surface area contributed by atoms with Crippen LogP contribution in [-0.4, -0.2) is 37.0 Å². The average molecular weight is 285 g/mol. The topological polar surface area (TPSA) is 32.3 Å². The second-order valence-electron chi connectivity index (χ2n) is 5.01. The maximum atomic E-state index is 12.4. The first-order chi connectivity index (χ1) is 8.65. The van der Waals surface area contributed by atoms with Crippen LogP contribution in [0.4, 0.5) is 0 Å². The smallest absolute Gasteiger partial charge is 0.255 e. The number of fused-ring (bicyclic) bond motifs is 1. The van der Waals surface area contributed by atoms with Crippen LogP contribution in [0.5, 0.6) is 0 Å². The molecular formula is C13H14Cl2N2O. The fourth-order valence-corrected chi connectivity index (χ4v) is 3.34. The molecule has 0 bridgehead atoms. The fraction of sp³-hybridized carbons (Fsp3) is 0.462. The predicted octanol–water partition coefficient (Wildman–Crippen LogP) is 2.28. The van der Waals surface area contributed by atoms with Gasteiger partial charge in [-0.15, -0.1) is 0 Å². The largest absolute Gasteiger partial charge is 0.338 e. The molecule has 0 spiro atoms. The van der Waals surface area contributed by atoms with Crippen LogP contribution in [-0.2, 0) is 0 Å². The van der Waals surface area contributed by atoms with Crippen molar-refractivity contribution in [3.8, 4) is 0 Å². The molecule has 2 atom stereocenters. The lowest BCUT2D eigenvalue weighted by molar-refractivity contribution is 0.0782. The van der Waals surface area contributed by atoms with E-state index in [1.165, 1.54) is 0 Å². The highest BCUT2D eigenvalue weighted by Crippen LogP contribution is 2.29. The van der Waals surface area contributed by atoms with Gasteiger partial charge in [0.05, 0.1) is 10.6 Å². The number of benzene rings is 1. The number of hydrogen-bond donors (Lipinski definition) is 1. The highest BCUT2D eigenvalue weighted by Gasteiger charge is 2.38. The Kier molecular flexibility index (Phi) is 3.22. The van der Waals surface area contributed by atoms with E-state index in [4.69, 9.17) is 23.2 Å². The first-order valence-electron chi connectivity index (χ1n) is 6.10. The molecule has 1 amide bonds. The number of carbonyl (C=O) groups is 1. The van der Waals surface area contributed by atoms with Crippen LogP contribution in [0.15, 0.2) is 18.2 Å². The van der Waals surface area contributed by atoms with Crippen molar-refractivity contribution < 1.29 is 4.79 Å². The quantitative estimate of drug-likeness (QED) is 0.858. The van der Waals surface area contributed by atoms with Crippen LogP contribution in [0.25, 0.3) is 0 Å². The zero-order chi connectivity index (χ0) is 12.7. The van der Waals surface area contributed by atoms with Crippen molar-refractivity contribution in [1.82, 2.24) is 10.2 Å². The Morgan fingerprint density at radius 3 is 2.50 bits per heavy atom. The zero-order valence-electron chi connectivity index (χ0n) is 9.83. The van der Waals surface area contributed by atoms with Crippen molar-refractivity contribution in [2.75, 3.05) is 26.2 Å². The minimum absolute atomic E-state index is 0.0195. The second kappa shape index (κ2) is 4.72. The summed E-state index contributed by atoms with van der Waals surface area (Å²) in [7, 11) is 0. The van der Waals surface area contributed by atoms with Crippen LogP contribution in [0.1, 0.15) is 10.4 Å². The summed E-state index contributed by atoms with van der Waals surface area (Å²) in [5, 5.41) is 4.35. The van der Waals surface area contributed by atoms with Crippen molar-refractivity contribution >= 4 is 29.1 Å². The van der Waals surface area contributed by atoms with Crippen molar-refractivity contribution in [1.29, 1.82) is 0 Å². The van der Waals surface area contributed by atoms with Gasteiger partial charge in [-0.1, -0.05) is 23.2 Å². The molecule has 18 heavy (non-hydrogen) atoms. The van der Waals surface area contributed by atoms with Gasteiger partial charge in [0.1, 0.15) is 0 Å². The summed E-state index contributed by atoms with van der Waals surface area (Å²) in [5.74, 6) is 1.21. The molecule has 2 saturated heterocycles. The lowest BCUT2D eigenvalue weighted by atomic mass is 10.0. The summed E-state index contributed by atoms with van der Waals surface area (Å²) < 4.78 is 0. The van der Waals surface area contributed by atoms with Crippen molar-refractivity contribution in [3.05, 3.63) is 33.8 Å². The molecule has 0 aromatic heterocycles. The molecule has 5 heteroatoms. The Morgan fingerprint density at radius 2 is 1.89 bits per heavy atom. The number of likely N-dealkylation sites (tertiary alicyclic amines) is 1. The van der Waals surface area contributed by atoms with Crippen LogP contribution in [0.2, 0.25) is 10.0 Å². The minimum atomic E-state index is 0.0195. The van der Waals surface area contributed by atoms with E-state index < -0.39 is 0 Å². The molecule has 0 radical (unpaired) electrons. The van der Waals surface area contributed by atoms with E-state index in [1.807, 2.05) is 4.90 Å². The van der Waals surface area contributed by atoms with Gasteiger partial charge < -0.3 is 10.2 Å². The highest BCUT2D eigenvalue weighted by molar-refractivity contribution is 6.36. The summed E-state index contributed by atoms with van der Waals surface area (Å²) >= 11 is 11.9. The number of carbonyl (C=O) groups excluding carboxylic acids is 1. The monoisotopic (exact) mass is 284 g/mol. The van der Waals surface area contributed by atoms with Gasteiger partial charge >= 0.3 is 0 Å². The normalized spacial score (nSPS) is 26.4. The molecular weight excluding hydrogens is 271 g/mol. The maximum absolute atomic E-state index is 12.4. The first-order valence-corrected chi connectivity index (χ1v) is 6.86. The van der Waals surface area contributed by atoms with Crippen LogP contribution >= 0.6 is 23.2 Å². The Labute approximate surface area is 116 Å². The Hall–Kier alpha value is -0.770. The SMILES string of the molecule is O=C(c1ccc(Cl)cc1Cl)N1C[C@H]2CNC[C@H]2C1. The molecule has 3 rings (SSSR count). The van der Waals surface area contributed by atoms with Crippen LogP contribution < -0.4 is 5.32 Å². The number of hydrogen-bond acceptors (Lipinski definition) is 2. The van der Waals surface area contributed by atoms with Crippen LogP contribution in [0.3, 0.4) is 0 Å². The lowest BCUT2D eigenvalue weighted by Crippen LogP contribution is -2.32. The summed E-state index contributed by atoms with van der Waals surface area (Å²) in [6, 6.07) is 5.03. The molecule has 2 fully saturated rings. The molecule has 0 unspecified atom stereocenters. The number of rotatable bonds is 1. The van der Waals surface area contributed by atoms with E-state index in [9.17, 15) is 4.79 Å². The molecule has 2 aliphatic heterocycles. The Bertz CT molecular complexity index is 480. The molecule has 0 aliphatic carbocycles. The van der Waals surface area contributed by atoms with Crippen LogP contribution in [0, 0.1) is 11.8 Å². The number of halogens is 2. The lowest BCUT2D eigenvalue weighted by Gasteiger charge is -2.18. The molecule has 1 N–H and O–H groups in total. The number of nitrogens with one attached hydrogen (secondary N) is 1. The maximum Gasteiger partial charge on any atom is 0.255 e. The first kappa shape index (κ1) is 12.3. The van der Waals surface area contributed by atoms with E-state index in [0.29, 0.717) is 27.4 Å². The molecule has 0 saturated carbocycles. The van der Waals surface area contributed by atoms with Gasteiger partial charge in [0, 0.05) is 31.2 Å². The van der Waals surface area contributed by atoms with Gasteiger partial charge in [-0.05, 0) is 30.0 Å². The highest BCUT2D eigenvalue weighted by atomic mass is 35.5. The van der Waals surface area contributed by atoms with E-state index in [0.717, 1.165) is 26.2 Å². The third-order valence-corrected chi connectivity index (χ3v) is 4.39. The van der Waals surface area contributed by atoms with Gasteiger partial charge in [-0.3, -0.25) is 4.79 Å². The number of nitrogens with zero attached hydrogens (tertiary/aromatic N) is 1. The Balaban J connectivity index is 1.79. The summed E-state index contributed by atoms with van der Waals surface area (Å²) in [4.78, 5) is 14.3. The predicted molar refractivity (Wildman–Crippen MR) is 72.2 cm³/mol. The third kappa shape index (κ3) is 2.11. The summed E-state index contributed by atoms with van der Waals surface area (Å²) in [6.45, 7) is 3.69. The minimum Gasteiger partial charge on any atom is -0.338 e. The van der Waals surface area contributed by atoms with E-state index >= 15 is 0 Å². The van der Waals surface area contributed by atoms with Crippen molar-refractivity contribution in [3.63, 3.8) is 0 Å².